The highest BCUT2D eigenvalue weighted by Crippen LogP contribution is 2.26. The van der Waals surface area contributed by atoms with Crippen LogP contribution in [-0.2, 0) is 78.5 Å². The van der Waals surface area contributed by atoms with Gasteiger partial charge in [0.1, 0.15) is 30.8 Å². The summed E-state index contributed by atoms with van der Waals surface area (Å²) >= 11 is 0. The number of amides is 5. The molecule has 0 bridgehead atoms. The van der Waals surface area contributed by atoms with E-state index in [1.165, 1.54) is 18.5 Å². The molecule has 60 heavy (non-hydrogen) atoms. The Balaban J connectivity index is 1.42. The zero-order valence-electron chi connectivity index (χ0n) is 34.1. The molecule has 0 radical (unpaired) electrons. The molecule has 2 aliphatic rings. The molecule has 21 nitrogen and oxygen atoms in total. The second-order valence-corrected chi connectivity index (χ2v) is 14.7. The molecule has 2 aliphatic heterocycles. The lowest BCUT2D eigenvalue weighted by molar-refractivity contribution is -0.190. The van der Waals surface area contributed by atoms with Gasteiger partial charge in [0, 0.05) is 50.9 Å². The lowest BCUT2D eigenvalue weighted by Crippen LogP contribution is -2.58. The maximum Gasteiger partial charge on any atom is 0.332 e. The molecule has 2 aromatic rings. The average molecular weight is 844 g/mol. The summed E-state index contributed by atoms with van der Waals surface area (Å²) in [5.41, 5.74) is 1.70. The van der Waals surface area contributed by atoms with Crippen LogP contribution in [0, 0.1) is 5.92 Å². The summed E-state index contributed by atoms with van der Waals surface area (Å²) in [5.74, 6) is -5.95. The lowest BCUT2D eigenvalue weighted by atomic mass is 9.92. The SMILES string of the molecule is COCCOCCn1cc(CC(C(=O)N[C@H](C(=O)N[C@@H](C)C(=O)Nc2ccc(COC(C)=O)c(CC[C@@H]3O[C@H](C(=O)O)C[C@H](O)[C@H]3O)c2)C(C)C)N2C(=O)C=CC2=O)nn1. The number of ether oxygens (including phenoxy) is 4. The van der Waals surface area contributed by atoms with Crippen LogP contribution in [0.25, 0.3) is 0 Å². The molecular weight excluding hydrogens is 790 g/mol. The lowest BCUT2D eigenvalue weighted by Gasteiger charge is -2.35. The molecule has 0 spiro atoms. The van der Waals surface area contributed by atoms with Crippen molar-refractivity contribution in [2.45, 2.75) is 109 Å². The van der Waals surface area contributed by atoms with Crippen LogP contribution >= 0.6 is 0 Å². The van der Waals surface area contributed by atoms with E-state index in [1.807, 2.05) is 0 Å². The molecule has 1 aromatic heterocycles. The topological polar surface area (TPSA) is 287 Å². The Morgan fingerprint density at radius 3 is 2.33 bits per heavy atom. The number of hydrogen-bond acceptors (Lipinski definition) is 15. The molecule has 328 valence electrons. The zero-order valence-corrected chi connectivity index (χ0v) is 34.1. The van der Waals surface area contributed by atoms with E-state index in [0.29, 0.717) is 43.2 Å². The van der Waals surface area contributed by atoms with Crippen molar-refractivity contribution in [1.29, 1.82) is 0 Å². The molecular formula is C39H53N7O14. The smallest absolute Gasteiger partial charge is 0.332 e. The van der Waals surface area contributed by atoms with Crippen molar-refractivity contribution in [3.8, 4) is 0 Å². The minimum Gasteiger partial charge on any atom is -0.479 e. The Morgan fingerprint density at radius 2 is 1.68 bits per heavy atom. The number of benzene rings is 1. The number of carboxylic acid groups (broad SMARTS) is 1. The molecule has 0 saturated carbocycles. The number of rotatable bonds is 22. The molecule has 5 amide bonds. The number of carbonyl (C=O) groups excluding carboxylic acids is 6. The van der Waals surface area contributed by atoms with Crippen molar-refractivity contribution in [3.63, 3.8) is 0 Å². The van der Waals surface area contributed by atoms with Gasteiger partial charge in [-0.25, -0.2) is 9.48 Å². The molecule has 1 fully saturated rings. The summed E-state index contributed by atoms with van der Waals surface area (Å²) in [7, 11) is 1.55. The van der Waals surface area contributed by atoms with Gasteiger partial charge in [-0.15, -0.1) is 5.10 Å². The normalized spacial score (nSPS) is 20.4. The van der Waals surface area contributed by atoms with Gasteiger partial charge in [-0.2, -0.15) is 0 Å². The van der Waals surface area contributed by atoms with Crippen LogP contribution in [-0.4, -0.2) is 146 Å². The van der Waals surface area contributed by atoms with Gasteiger partial charge in [0.25, 0.3) is 11.8 Å². The Morgan fingerprint density at radius 1 is 0.967 bits per heavy atom. The molecule has 0 aliphatic carbocycles. The van der Waals surface area contributed by atoms with E-state index in [2.05, 4.69) is 26.3 Å². The van der Waals surface area contributed by atoms with Crippen LogP contribution in [0.4, 0.5) is 5.69 Å². The van der Waals surface area contributed by atoms with E-state index in [4.69, 9.17) is 18.9 Å². The number of imide groups is 1. The number of methoxy groups -OCH3 is 1. The van der Waals surface area contributed by atoms with Gasteiger partial charge >= 0.3 is 11.9 Å². The Hall–Kier alpha value is -5.61. The van der Waals surface area contributed by atoms with Gasteiger partial charge < -0.3 is 50.2 Å². The van der Waals surface area contributed by atoms with Crippen molar-refractivity contribution < 1.29 is 67.8 Å². The first-order valence-corrected chi connectivity index (χ1v) is 19.4. The third-order valence-electron chi connectivity index (χ3n) is 9.79. The monoisotopic (exact) mass is 843 g/mol. The minimum absolute atomic E-state index is 0.0734. The first kappa shape index (κ1) is 47.1. The van der Waals surface area contributed by atoms with Crippen LogP contribution < -0.4 is 16.0 Å². The summed E-state index contributed by atoms with van der Waals surface area (Å²) in [4.78, 5) is 90.2. The van der Waals surface area contributed by atoms with Crippen LogP contribution in [0.15, 0.2) is 36.5 Å². The Labute approximate surface area is 345 Å². The van der Waals surface area contributed by atoms with Gasteiger partial charge in [-0.1, -0.05) is 25.1 Å². The fourth-order valence-electron chi connectivity index (χ4n) is 6.47. The highest BCUT2D eigenvalue weighted by atomic mass is 16.5. The van der Waals surface area contributed by atoms with Crippen molar-refractivity contribution in [2.24, 2.45) is 5.92 Å². The first-order chi connectivity index (χ1) is 28.5. The van der Waals surface area contributed by atoms with Gasteiger partial charge in [0.2, 0.25) is 17.7 Å². The van der Waals surface area contributed by atoms with E-state index < -0.39 is 89.9 Å². The molecule has 6 N–H and O–H groups in total. The molecule has 4 rings (SSSR count). The van der Waals surface area contributed by atoms with Crippen LogP contribution in [0.5, 0.6) is 0 Å². The van der Waals surface area contributed by atoms with Gasteiger partial charge in [-0.3, -0.25) is 33.7 Å². The van der Waals surface area contributed by atoms with Crippen molar-refractivity contribution in [1.82, 2.24) is 30.5 Å². The molecule has 3 heterocycles. The summed E-state index contributed by atoms with van der Waals surface area (Å²) in [6.45, 7) is 7.32. The van der Waals surface area contributed by atoms with Crippen LogP contribution in [0.1, 0.15) is 57.4 Å². The second kappa shape index (κ2) is 22.1. The summed E-state index contributed by atoms with van der Waals surface area (Å²) < 4.78 is 22.6. The minimum atomic E-state index is -1.40. The molecule has 1 aromatic carbocycles. The quantitative estimate of drug-likeness (QED) is 0.0472. The standard InChI is InChI=1S/C39H53N7O14/c1-21(2)34(42-37(53)28(46-32(49)10-11-33(46)50)17-27-19-45(44-43-27)12-13-58-15-14-57-5)38(54)40-22(3)36(52)41-26-8-6-25(20-59-23(4)47)24(16-26)7-9-30-35(51)29(48)18-31(60-30)39(55)56/h6,8,10-11,16,19,21-22,28-31,34-35,48,51H,7,9,12-15,17-18,20H2,1-5H3,(H,40,54)(H,41,52)(H,42,53)(H,55,56)/t22-,28?,29-,30-,31-,34-,35+/m0/s1. The van der Waals surface area contributed by atoms with E-state index >= 15 is 0 Å². The van der Waals surface area contributed by atoms with Gasteiger partial charge in [0.15, 0.2) is 6.10 Å². The number of aliphatic carboxylic acids is 1. The number of aromatic nitrogens is 3. The van der Waals surface area contributed by atoms with Crippen molar-refractivity contribution in [3.05, 3.63) is 53.4 Å². The third kappa shape index (κ3) is 13.2. The first-order valence-electron chi connectivity index (χ1n) is 19.4. The van der Waals surface area contributed by atoms with E-state index in [9.17, 15) is 48.9 Å². The second-order valence-electron chi connectivity index (χ2n) is 14.7. The van der Waals surface area contributed by atoms with Crippen molar-refractivity contribution in [2.75, 3.05) is 32.2 Å². The average Bonchev–Trinajstić information content (AvgIpc) is 3.79. The molecule has 7 atom stereocenters. The number of anilines is 1. The fourth-order valence-corrected chi connectivity index (χ4v) is 6.47. The Bertz CT molecular complexity index is 1880. The summed E-state index contributed by atoms with van der Waals surface area (Å²) in [6, 6.07) is 1.000. The molecule has 21 heteroatoms. The van der Waals surface area contributed by atoms with Crippen molar-refractivity contribution >= 4 is 47.2 Å². The predicted octanol–water partition coefficient (Wildman–Crippen LogP) is -0.979. The predicted molar refractivity (Wildman–Crippen MR) is 207 cm³/mol. The summed E-state index contributed by atoms with van der Waals surface area (Å²) in [6.07, 6.45) is -1.61. The van der Waals surface area contributed by atoms with Gasteiger partial charge in [0.05, 0.1) is 44.3 Å². The fraction of sp³-hybridized carbons (Fsp3) is 0.564. The van der Waals surface area contributed by atoms with E-state index in [1.54, 1.807) is 45.4 Å². The number of hydrogen-bond donors (Lipinski definition) is 6. The number of carbonyl (C=O) groups is 7. The molecule has 1 unspecified atom stereocenters. The van der Waals surface area contributed by atoms with Crippen LogP contribution in [0.2, 0.25) is 0 Å². The van der Waals surface area contributed by atoms with E-state index in [0.717, 1.165) is 17.1 Å². The zero-order chi connectivity index (χ0) is 44.1. The number of esters is 1. The maximum atomic E-state index is 13.8. The van der Waals surface area contributed by atoms with Crippen LogP contribution in [0.3, 0.4) is 0 Å². The number of nitrogens with one attached hydrogen (secondary N) is 3. The largest absolute Gasteiger partial charge is 0.479 e. The van der Waals surface area contributed by atoms with E-state index in [-0.39, 0.29) is 38.0 Å². The number of carboxylic acids is 1. The Kier molecular flexibility index (Phi) is 17.4. The maximum absolute atomic E-state index is 13.8. The van der Waals surface area contributed by atoms with Gasteiger partial charge in [-0.05, 0) is 48.9 Å². The molecule has 1 saturated heterocycles. The summed E-state index contributed by atoms with van der Waals surface area (Å²) in [5, 5.41) is 46.2. The highest BCUT2D eigenvalue weighted by molar-refractivity contribution is 6.15. The number of aryl methyl sites for hydroxylation is 1. The number of aliphatic hydroxyl groups excluding tert-OH is 2. The number of aliphatic hydroxyl groups is 2. The highest BCUT2D eigenvalue weighted by Gasteiger charge is 2.40. The number of nitrogens with zero attached hydrogens (tertiary/aromatic N) is 4. The third-order valence-corrected chi connectivity index (χ3v) is 9.79.